The summed E-state index contributed by atoms with van der Waals surface area (Å²) in [6.07, 6.45) is 0. The summed E-state index contributed by atoms with van der Waals surface area (Å²) < 4.78 is 11.8. The molecular formula is C29H37N3O4. The lowest BCUT2D eigenvalue weighted by molar-refractivity contribution is -0.384. The Labute approximate surface area is 214 Å². The molecule has 0 fully saturated rings. The highest BCUT2D eigenvalue weighted by molar-refractivity contribution is 5.62. The molecule has 3 rings (SSSR count). The molecule has 0 spiro atoms. The lowest BCUT2D eigenvalue weighted by Gasteiger charge is -2.27. The van der Waals surface area contributed by atoms with Crippen molar-refractivity contribution in [1.29, 1.82) is 0 Å². The van der Waals surface area contributed by atoms with Gasteiger partial charge in [-0.1, -0.05) is 24.3 Å². The van der Waals surface area contributed by atoms with Crippen LogP contribution in [0.2, 0.25) is 0 Å². The summed E-state index contributed by atoms with van der Waals surface area (Å²) in [4.78, 5) is 15.5. The molecule has 0 saturated heterocycles. The first-order valence-corrected chi connectivity index (χ1v) is 12.5. The third-order valence-corrected chi connectivity index (χ3v) is 6.75. The second-order valence-corrected chi connectivity index (χ2v) is 8.48. The van der Waals surface area contributed by atoms with Crippen LogP contribution in [0, 0.1) is 10.1 Å². The number of ether oxygens (including phenoxy) is 2. The Hall–Kier alpha value is -3.74. The van der Waals surface area contributed by atoms with Crippen molar-refractivity contribution in [2.75, 3.05) is 50.2 Å². The quantitative estimate of drug-likeness (QED) is 0.164. The van der Waals surface area contributed by atoms with Gasteiger partial charge in [-0.05, 0) is 45.4 Å². The van der Waals surface area contributed by atoms with E-state index in [0.717, 1.165) is 65.7 Å². The minimum atomic E-state index is -0.377. The molecule has 3 aromatic carbocycles. The summed E-state index contributed by atoms with van der Waals surface area (Å²) in [5.74, 6) is 1.28. The van der Waals surface area contributed by atoms with E-state index in [0.29, 0.717) is 0 Å². The van der Waals surface area contributed by atoms with Crippen LogP contribution < -0.4 is 19.3 Å². The van der Waals surface area contributed by atoms with E-state index >= 15 is 0 Å². The molecular weight excluding hydrogens is 454 g/mol. The van der Waals surface area contributed by atoms with Gasteiger partial charge in [0.25, 0.3) is 5.69 Å². The van der Waals surface area contributed by atoms with Crippen molar-refractivity contribution in [3.8, 4) is 11.5 Å². The van der Waals surface area contributed by atoms with Gasteiger partial charge in [0.1, 0.15) is 11.5 Å². The lowest BCUT2D eigenvalue weighted by Crippen LogP contribution is -2.22. The van der Waals surface area contributed by atoms with Crippen LogP contribution in [-0.2, 0) is 0 Å². The maximum Gasteiger partial charge on any atom is 0.269 e. The fraction of sp³-hybridized carbons (Fsp3) is 0.379. The topological polar surface area (TPSA) is 68.1 Å². The standard InChI is InChI=1S/C29H37N3O4/c1-7-30(8-2)23-15-17-25(27(19-23)35-5)29(21-11-13-22(14-12-21)32(33)34)26-18-16-24(20-28(26)36-6)31(9-3)10-4/h11-20,29H,7-10H2,1-6H3. The highest BCUT2D eigenvalue weighted by Gasteiger charge is 2.26. The van der Waals surface area contributed by atoms with E-state index in [-0.39, 0.29) is 16.5 Å². The van der Waals surface area contributed by atoms with Gasteiger partial charge in [-0.15, -0.1) is 0 Å². The van der Waals surface area contributed by atoms with Gasteiger partial charge in [0.05, 0.1) is 19.1 Å². The van der Waals surface area contributed by atoms with Gasteiger partial charge >= 0.3 is 0 Å². The molecule has 0 aliphatic rings. The van der Waals surface area contributed by atoms with E-state index in [9.17, 15) is 10.1 Å². The number of benzene rings is 3. The lowest BCUT2D eigenvalue weighted by atomic mass is 9.83. The average molecular weight is 492 g/mol. The molecule has 0 radical (unpaired) electrons. The summed E-state index contributed by atoms with van der Waals surface area (Å²) in [6, 6.07) is 19.3. The molecule has 192 valence electrons. The van der Waals surface area contributed by atoms with Crippen LogP contribution in [0.1, 0.15) is 50.3 Å². The molecule has 0 saturated carbocycles. The van der Waals surface area contributed by atoms with Crippen LogP contribution in [0.15, 0.2) is 60.7 Å². The number of hydrogen-bond donors (Lipinski definition) is 0. The fourth-order valence-corrected chi connectivity index (χ4v) is 4.76. The maximum atomic E-state index is 11.3. The zero-order valence-electron chi connectivity index (χ0n) is 22.2. The zero-order chi connectivity index (χ0) is 26.2. The second-order valence-electron chi connectivity index (χ2n) is 8.48. The Kier molecular flexibility index (Phi) is 9.17. The normalized spacial score (nSPS) is 10.9. The molecule has 0 bridgehead atoms. The first kappa shape index (κ1) is 26.9. The molecule has 0 heterocycles. The number of nitrogens with zero attached hydrogens (tertiary/aromatic N) is 3. The number of nitro groups is 1. The monoisotopic (exact) mass is 491 g/mol. The van der Waals surface area contributed by atoms with Gasteiger partial charge in [-0.25, -0.2) is 0 Å². The molecule has 0 aromatic heterocycles. The summed E-state index contributed by atoms with van der Waals surface area (Å²) in [5.41, 5.74) is 5.10. The molecule has 36 heavy (non-hydrogen) atoms. The number of non-ortho nitro benzene ring substituents is 1. The Balaban J connectivity index is 2.23. The van der Waals surface area contributed by atoms with E-state index in [1.165, 1.54) is 0 Å². The van der Waals surface area contributed by atoms with Crippen LogP contribution in [0.5, 0.6) is 11.5 Å². The van der Waals surface area contributed by atoms with Crippen molar-refractivity contribution >= 4 is 17.1 Å². The highest BCUT2D eigenvalue weighted by atomic mass is 16.6. The molecule has 7 heteroatoms. The Morgan fingerprint density at radius 1 is 0.722 bits per heavy atom. The van der Waals surface area contributed by atoms with Crippen molar-refractivity contribution in [2.45, 2.75) is 33.6 Å². The van der Waals surface area contributed by atoms with E-state index < -0.39 is 0 Å². The van der Waals surface area contributed by atoms with Crippen LogP contribution in [0.3, 0.4) is 0 Å². The fourth-order valence-electron chi connectivity index (χ4n) is 4.76. The predicted molar refractivity (Wildman–Crippen MR) is 147 cm³/mol. The SMILES string of the molecule is CCN(CC)c1ccc(C(c2ccc([N+](=O)[O-])cc2)c2ccc(N(CC)CC)cc2OC)c(OC)c1. The van der Waals surface area contributed by atoms with Gasteiger partial charge in [-0.2, -0.15) is 0 Å². The van der Waals surface area contributed by atoms with Crippen LogP contribution in [-0.4, -0.2) is 45.3 Å². The summed E-state index contributed by atoms with van der Waals surface area (Å²) >= 11 is 0. The number of rotatable bonds is 12. The maximum absolute atomic E-state index is 11.3. The van der Waals surface area contributed by atoms with Gasteiger partial charge in [0.2, 0.25) is 0 Å². The van der Waals surface area contributed by atoms with Crippen molar-refractivity contribution in [3.63, 3.8) is 0 Å². The number of anilines is 2. The summed E-state index contributed by atoms with van der Waals surface area (Å²) in [7, 11) is 3.36. The summed E-state index contributed by atoms with van der Waals surface area (Å²) in [5, 5.41) is 11.3. The minimum absolute atomic E-state index is 0.0604. The molecule has 0 N–H and O–H groups in total. The zero-order valence-corrected chi connectivity index (χ0v) is 22.2. The highest BCUT2D eigenvalue weighted by Crippen LogP contribution is 2.43. The molecule has 0 unspecified atom stereocenters. The van der Waals surface area contributed by atoms with Crippen LogP contribution >= 0.6 is 0 Å². The Morgan fingerprint density at radius 2 is 1.14 bits per heavy atom. The number of methoxy groups -OCH3 is 2. The molecule has 0 aliphatic carbocycles. The molecule has 0 atom stereocenters. The Morgan fingerprint density at radius 3 is 1.47 bits per heavy atom. The number of hydrogen-bond acceptors (Lipinski definition) is 6. The van der Waals surface area contributed by atoms with Crippen molar-refractivity contribution in [2.24, 2.45) is 0 Å². The van der Waals surface area contributed by atoms with Gasteiger partial charge < -0.3 is 19.3 Å². The third-order valence-electron chi connectivity index (χ3n) is 6.75. The van der Waals surface area contributed by atoms with Gasteiger partial charge in [0, 0.05) is 78.9 Å². The van der Waals surface area contributed by atoms with Gasteiger partial charge in [0.15, 0.2) is 0 Å². The van der Waals surface area contributed by atoms with E-state index in [4.69, 9.17) is 9.47 Å². The Bertz CT molecular complexity index is 1090. The number of nitro benzene ring substituents is 1. The first-order chi connectivity index (χ1) is 17.4. The largest absolute Gasteiger partial charge is 0.496 e. The molecule has 3 aromatic rings. The average Bonchev–Trinajstić information content (AvgIpc) is 2.91. The van der Waals surface area contributed by atoms with Gasteiger partial charge in [-0.3, -0.25) is 10.1 Å². The molecule has 7 nitrogen and oxygen atoms in total. The van der Waals surface area contributed by atoms with E-state index in [1.807, 2.05) is 12.1 Å². The van der Waals surface area contributed by atoms with E-state index in [2.05, 4.69) is 73.9 Å². The van der Waals surface area contributed by atoms with Crippen molar-refractivity contribution in [3.05, 3.63) is 87.5 Å². The van der Waals surface area contributed by atoms with Crippen molar-refractivity contribution in [1.82, 2.24) is 0 Å². The van der Waals surface area contributed by atoms with Crippen LogP contribution in [0.25, 0.3) is 0 Å². The second kappa shape index (κ2) is 12.3. The summed E-state index contributed by atoms with van der Waals surface area (Å²) in [6.45, 7) is 12.1. The minimum Gasteiger partial charge on any atom is -0.496 e. The molecule has 0 amide bonds. The van der Waals surface area contributed by atoms with Crippen molar-refractivity contribution < 1.29 is 14.4 Å². The van der Waals surface area contributed by atoms with Crippen LogP contribution in [0.4, 0.5) is 17.1 Å². The first-order valence-electron chi connectivity index (χ1n) is 12.5. The predicted octanol–water partition coefficient (Wildman–Crippen LogP) is 6.48. The third kappa shape index (κ3) is 5.56. The van der Waals surface area contributed by atoms with E-state index in [1.54, 1.807) is 26.4 Å². The smallest absolute Gasteiger partial charge is 0.269 e. The molecule has 0 aliphatic heterocycles.